The summed E-state index contributed by atoms with van der Waals surface area (Å²) in [6.07, 6.45) is 0. The highest BCUT2D eigenvalue weighted by atomic mass is 16.3. The van der Waals surface area contributed by atoms with E-state index in [1.807, 2.05) is 30.3 Å². The number of phenols is 1. The zero-order chi connectivity index (χ0) is 14.4. The van der Waals surface area contributed by atoms with Crippen molar-refractivity contribution in [2.24, 2.45) is 0 Å². The second kappa shape index (κ2) is 6.38. The van der Waals surface area contributed by atoms with Crippen molar-refractivity contribution in [1.29, 1.82) is 0 Å². The van der Waals surface area contributed by atoms with Gasteiger partial charge in [-0.05, 0) is 17.7 Å². The molecular weight excluding hydrogens is 256 g/mol. The fourth-order valence-corrected chi connectivity index (χ4v) is 1.63. The highest BCUT2D eigenvalue weighted by molar-refractivity contribution is 6.39. The van der Waals surface area contributed by atoms with Crippen molar-refractivity contribution in [2.45, 2.75) is 6.54 Å². The van der Waals surface area contributed by atoms with E-state index >= 15 is 0 Å². The maximum absolute atomic E-state index is 11.6. The summed E-state index contributed by atoms with van der Waals surface area (Å²) in [4.78, 5) is 23.3. The van der Waals surface area contributed by atoms with Crippen molar-refractivity contribution in [2.75, 3.05) is 5.32 Å². The zero-order valence-electron chi connectivity index (χ0n) is 10.7. The van der Waals surface area contributed by atoms with Crippen LogP contribution in [0.5, 0.6) is 5.75 Å². The lowest BCUT2D eigenvalue weighted by molar-refractivity contribution is -0.136. The van der Waals surface area contributed by atoms with Gasteiger partial charge in [0.15, 0.2) is 0 Å². The molecular formula is C15H14N2O3. The molecule has 2 rings (SSSR count). The van der Waals surface area contributed by atoms with Gasteiger partial charge in [-0.15, -0.1) is 0 Å². The predicted octanol–water partition coefficient (Wildman–Crippen LogP) is 1.65. The Labute approximate surface area is 116 Å². The minimum atomic E-state index is -0.772. The van der Waals surface area contributed by atoms with Crippen LogP contribution in [0.1, 0.15) is 5.56 Å². The number of hydrogen-bond acceptors (Lipinski definition) is 3. The van der Waals surface area contributed by atoms with E-state index in [-0.39, 0.29) is 12.3 Å². The van der Waals surface area contributed by atoms with Crippen LogP contribution in [0.25, 0.3) is 0 Å². The van der Waals surface area contributed by atoms with Gasteiger partial charge >= 0.3 is 11.8 Å². The van der Waals surface area contributed by atoms with Crippen LogP contribution in [0.4, 0.5) is 5.69 Å². The van der Waals surface area contributed by atoms with Gasteiger partial charge in [-0.1, -0.05) is 36.4 Å². The zero-order valence-corrected chi connectivity index (χ0v) is 10.7. The van der Waals surface area contributed by atoms with Gasteiger partial charge in [-0.3, -0.25) is 9.59 Å². The highest BCUT2D eigenvalue weighted by Crippen LogP contribution is 2.14. The minimum Gasteiger partial charge on any atom is -0.508 e. The van der Waals surface area contributed by atoms with Crippen molar-refractivity contribution in [1.82, 2.24) is 5.32 Å². The smallest absolute Gasteiger partial charge is 0.313 e. The average Bonchev–Trinajstić information content (AvgIpc) is 2.46. The molecule has 102 valence electrons. The third kappa shape index (κ3) is 3.84. The standard InChI is InChI=1S/C15H14N2O3/c18-13-8-4-7-12(9-13)17-15(20)14(19)16-10-11-5-2-1-3-6-11/h1-9,18H,10H2,(H,16,19)(H,17,20). The van der Waals surface area contributed by atoms with Crippen LogP contribution >= 0.6 is 0 Å². The third-order valence-electron chi connectivity index (χ3n) is 2.61. The summed E-state index contributed by atoms with van der Waals surface area (Å²) in [5.41, 5.74) is 1.27. The van der Waals surface area contributed by atoms with E-state index in [1.165, 1.54) is 12.1 Å². The van der Waals surface area contributed by atoms with Crippen LogP contribution in [-0.2, 0) is 16.1 Å². The quantitative estimate of drug-likeness (QED) is 0.742. The largest absolute Gasteiger partial charge is 0.508 e. The number of benzene rings is 2. The number of nitrogens with one attached hydrogen (secondary N) is 2. The molecule has 2 aromatic rings. The molecule has 0 aliphatic heterocycles. The second-order valence-electron chi connectivity index (χ2n) is 4.17. The van der Waals surface area contributed by atoms with E-state index in [9.17, 15) is 14.7 Å². The molecule has 0 radical (unpaired) electrons. The first-order chi connectivity index (χ1) is 9.65. The third-order valence-corrected chi connectivity index (χ3v) is 2.61. The van der Waals surface area contributed by atoms with Crippen LogP contribution in [-0.4, -0.2) is 16.9 Å². The molecule has 3 N–H and O–H groups in total. The molecule has 5 heteroatoms. The second-order valence-corrected chi connectivity index (χ2v) is 4.17. The first kappa shape index (κ1) is 13.6. The van der Waals surface area contributed by atoms with E-state index in [0.29, 0.717) is 5.69 Å². The number of aromatic hydroxyl groups is 1. The Kier molecular flexibility index (Phi) is 4.34. The van der Waals surface area contributed by atoms with Gasteiger partial charge in [0.2, 0.25) is 0 Å². The summed E-state index contributed by atoms with van der Waals surface area (Å²) >= 11 is 0. The van der Waals surface area contributed by atoms with Gasteiger partial charge < -0.3 is 15.7 Å². The summed E-state index contributed by atoms with van der Waals surface area (Å²) in [5.74, 6) is -1.48. The lowest BCUT2D eigenvalue weighted by Crippen LogP contribution is -2.34. The highest BCUT2D eigenvalue weighted by Gasteiger charge is 2.13. The Morgan fingerprint density at radius 3 is 2.40 bits per heavy atom. The maximum Gasteiger partial charge on any atom is 0.313 e. The SMILES string of the molecule is O=C(NCc1ccccc1)C(=O)Nc1cccc(O)c1. The van der Waals surface area contributed by atoms with Crippen LogP contribution in [0.2, 0.25) is 0 Å². The Morgan fingerprint density at radius 1 is 0.950 bits per heavy atom. The average molecular weight is 270 g/mol. The number of anilines is 1. The van der Waals surface area contributed by atoms with Gasteiger partial charge in [0.1, 0.15) is 5.75 Å². The number of carbonyl (C=O) groups is 2. The lowest BCUT2D eigenvalue weighted by atomic mass is 10.2. The van der Waals surface area contributed by atoms with Gasteiger partial charge in [-0.25, -0.2) is 0 Å². The molecule has 0 heterocycles. The molecule has 2 aromatic carbocycles. The Bertz CT molecular complexity index is 612. The molecule has 20 heavy (non-hydrogen) atoms. The number of carbonyl (C=O) groups excluding carboxylic acids is 2. The summed E-state index contributed by atoms with van der Waals surface area (Å²) in [6, 6.07) is 15.3. The van der Waals surface area contributed by atoms with E-state index in [1.54, 1.807) is 12.1 Å². The topological polar surface area (TPSA) is 78.4 Å². The Hall–Kier alpha value is -2.82. The number of hydrogen-bond donors (Lipinski definition) is 3. The molecule has 0 bridgehead atoms. The summed E-state index contributed by atoms with van der Waals surface area (Å²) in [7, 11) is 0. The number of rotatable bonds is 3. The van der Waals surface area contributed by atoms with Gasteiger partial charge in [0, 0.05) is 18.3 Å². The molecule has 0 spiro atoms. The van der Waals surface area contributed by atoms with Crippen LogP contribution < -0.4 is 10.6 Å². The van der Waals surface area contributed by atoms with E-state index in [2.05, 4.69) is 10.6 Å². The van der Waals surface area contributed by atoms with Crippen molar-refractivity contribution < 1.29 is 14.7 Å². The first-order valence-electron chi connectivity index (χ1n) is 6.07. The Morgan fingerprint density at radius 2 is 1.70 bits per heavy atom. The van der Waals surface area contributed by atoms with Crippen molar-refractivity contribution in [3.8, 4) is 5.75 Å². The van der Waals surface area contributed by atoms with Gasteiger partial charge in [0.25, 0.3) is 0 Å². The van der Waals surface area contributed by atoms with Crippen molar-refractivity contribution >= 4 is 17.5 Å². The Balaban J connectivity index is 1.88. The van der Waals surface area contributed by atoms with Crippen LogP contribution in [0.15, 0.2) is 54.6 Å². The lowest BCUT2D eigenvalue weighted by Gasteiger charge is -2.06. The van der Waals surface area contributed by atoms with Crippen LogP contribution in [0, 0.1) is 0 Å². The number of phenolic OH excluding ortho intramolecular Hbond substituents is 1. The van der Waals surface area contributed by atoms with Crippen molar-refractivity contribution in [3.05, 3.63) is 60.2 Å². The molecule has 0 atom stereocenters. The number of amides is 2. The normalized spacial score (nSPS) is 9.80. The van der Waals surface area contributed by atoms with Gasteiger partial charge in [-0.2, -0.15) is 0 Å². The van der Waals surface area contributed by atoms with Crippen molar-refractivity contribution in [3.63, 3.8) is 0 Å². The molecule has 0 aliphatic rings. The van der Waals surface area contributed by atoms with Crippen LogP contribution in [0.3, 0.4) is 0 Å². The monoisotopic (exact) mass is 270 g/mol. The maximum atomic E-state index is 11.6. The fraction of sp³-hybridized carbons (Fsp3) is 0.0667. The predicted molar refractivity (Wildman–Crippen MR) is 75.0 cm³/mol. The fourth-order valence-electron chi connectivity index (χ4n) is 1.63. The molecule has 0 aromatic heterocycles. The molecule has 5 nitrogen and oxygen atoms in total. The molecule has 0 saturated carbocycles. The van der Waals surface area contributed by atoms with E-state index in [4.69, 9.17) is 0 Å². The molecule has 0 unspecified atom stereocenters. The van der Waals surface area contributed by atoms with E-state index in [0.717, 1.165) is 5.56 Å². The molecule has 0 fully saturated rings. The summed E-state index contributed by atoms with van der Waals surface area (Å²) < 4.78 is 0. The first-order valence-corrected chi connectivity index (χ1v) is 6.07. The summed E-state index contributed by atoms with van der Waals surface area (Å²) in [5, 5.41) is 14.2. The van der Waals surface area contributed by atoms with E-state index < -0.39 is 11.8 Å². The molecule has 0 aliphatic carbocycles. The minimum absolute atomic E-state index is 0.0208. The summed E-state index contributed by atoms with van der Waals surface area (Å²) in [6.45, 7) is 0.285. The molecule has 0 saturated heterocycles. The molecule has 2 amide bonds. The van der Waals surface area contributed by atoms with Gasteiger partial charge in [0.05, 0.1) is 0 Å².